The molecule has 0 aromatic heterocycles. The maximum Gasteiger partial charge on any atom is 0.332 e. The van der Waals surface area contributed by atoms with Gasteiger partial charge in [0.05, 0.1) is 0 Å². The van der Waals surface area contributed by atoms with Crippen LogP contribution in [-0.4, -0.2) is 31.2 Å². The molecule has 0 unspecified atom stereocenters. The van der Waals surface area contributed by atoms with E-state index in [1.807, 2.05) is 0 Å². The van der Waals surface area contributed by atoms with Crippen LogP contribution in [0.4, 0.5) is 0 Å². The topological polar surface area (TPSA) is 92.5 Å². The van der Waals surface area contributed by atoms with Crippen LogP contribution in [0.15, 0.2) is 0 Å². The third kappa shape index (κ3) is 36.2. The summed E-state index contributed by atoms with van der Waals surface area (Å²) in [5.41, 5.74) is 11.1. The van der Waals surface area contributed by atoms with Gasteiger partial charge in [-0.25, -0.2) is 0 Å². The minimum Gasteiger partial charge on any atom is -0.411 e. The molecule has 6 N–H and O–H groups in total. The third-order valence-corrected chi connectivity index (χ3v) is 11.4. The zero-order valence-corrected chi connectivity index (χ0v) is 29.0. The van der Waals surface area contributed by atoms with E-state index in [0.29, 0.717) is 12.1 Å². The van der Waals surface area contributed by atoms with Gasteiger partial charge in [0.25, 0.3) is 0 Å². The first-order valence-corrected chi connectivity index (χ1v) is 21.3. The van der Waals surface area contributed by atoms with Crippen molar-refractivity contribution in [3.63, 3.8) is 0 Å². The zero-order valence-electron chi connectivity index (χ0n) is 28.0. The normalized spacial score (nSPS) is 12.0. The lowest BCUT2D eigenvalue weighted by Crippen LogP contribution is -2.33. The molecule has 0 saturated heterocycles. The van der Waals surface area contributed by atoms with Crippen molar-refractivity contribution in [2.45, 2.75) is 218 Å². The van der Waals surface area contributed by atoms with Crippen LogP contribution in [0, 0.1) is 0 Å². The summed E-state index contributed by atoms with van der Waals surface area (Å²) in [6.45, 7) is 1.71. The third-order valence-electron chi connectivity index (χ3n) is 9.06. The Balaban J connectivity index is 3.26. The van der Waals surface area contributed by atoms with Crippen molar-refractivity contribution in [1.82, 2.24) is 0 Å². The fourth-order valence-electron chi connectivity index (χ4n) is 6.18. The van der Waals surface area contributed by atoms with Crippen LogP contribution in [-0.2, 0) is 0 Å². The summed E-state index contributed by atoms with van der Waals surface area (Å²) >= 11 is 0. The van der Waals surface area contributed by atoms with E-state index in [2.05, 4.69) is 0 Å². The van der Waals surface area contributed by atoms with E-state index in [0.717, 1.165) is 25.9 Å². The number of hydrogen-bond acceptors (Lipinski definition) is 4. The lowest BCUT2D eigenvalue weighted by molar-refractivity contribution is 0.350. The van der Waals surface area contributed by atoms with E-state index in [1.165, 1.54) is 193 Å². The molecule has 248 valence electrons. The van der Waals surface area contributed by atoms with Gasteiger partial charge in [0.15, 0.2) is 0 Å². The van der Waals surface area contributed by atoms with Gasteiger partial charge in [-0.05, 0) is 38.0 Å². The molecule has 0 rings (SSSR count). The maximum absolute atomic E-state index is 10.5. The van der Waals surface area contributed by atoms with Crippen molar-refractivity contribution < 1.29 is 9.59 Å². The molecular formula is C36H78N2O2Si. The van der Waals surface area contributed by atoms with Crippen LogP contribution < -0.4 is 11.5 Å². The monoisotopic (exact) mass is 599 g/mol. The number of rotatable bonds is 36. The minimum absolute atomic E-state index is 0.689. The lowest BCUT2D eigenvalue weighted by atomic mass is 10.0. The van der Waals surface area contributed by atoms with Crippen LogP contribution in [0.2, 0.25) is 12.1 Å². The molecule has 0 aromatic carbocycles. The van der Waals surface area contributed by atoms with Crippen molar-refractivity contribution in [1.29, 1.82) is 0 Å². The summed E-state index contributed by atoms with van der Waals surface area (Å²) in [6, 6.07) is 1.38. The Morgan fingerprint density at radius 1 is 0.244 bits per heavy atom. The van der Waals surface area contributed by atoms with Crippen LogP contribution in [0.3, 0.4) is 0 Å². The Hall–Kier alpha value is 0.0569. The predicted octanol–water partition coefficient (Wildman–Crippen LogP) is 10.8. The SMILES string of the molecule is NCCCCCCCCCCCCCCCCCC[Si](O)(O)CCCCCCCCCCCCCCCCCCN. The first-order chi connectivity index (χ1) is 20.1. The summed E-state index contributed by atoms with van der Waals surface area (Å²) in [4.78, 5) is 20.9. The molecule has 4 nitrogen and oxygen atoms in total. The van der Waals surface area contributed by atoms with E-state index in [4.69, 9.17) is 11.5 Å². The molecule has 0 aliphatic rings. The summed E-state index contributed by atoms with van der Waals surface area (Å²) in [6.07, 6.45) is 42.6. The van der Waals surface area contributed by atoms with Gasteiger partial charge in [-0.2, -0.15) is 0 Å². The molecule has 0 heterocycles. The molecule has 0 saturated carbocycles. The van der Waals surface area contributed by atoms with Crippen molar-refractivity contribution in [2.24, 2.45) is 11.5 Å². The Labute approximate surface area is 259 Å². The van der Waals surface area contributed by atoms with Crippen LogP contribution in [0.5, 0.6) is 0 Å². The quantitative estimate of drug-likeness (QED) is 0.0426. The molecule has 0 amide bonds. The van der Waals surface area contributed by atoms with Gasteiger partial charge in [-0.3, -0.25) is 0 Å². The van der Waals surface area contributed by atoms with E-state index in [1.54, 1.807) is 0 Å². The Morgan fingerprint density at radius 2 is 0.390 bits per heavy atom. The van der Waals surface area contributed by atoms with Gasteiger partial charge in [-0.15, -0.1) is 0 Å². The molecule has 0 spiro atoms. The molecular weight excluding hydrogens is 520 g/mol. The standard InChI is InChI=1S/C36H78N2O2Si/c37-33-29-25-21-17-13-9-5-1-3-7-11-15-19-23-27-31-35-41(39,40)36-32-28-24-20-16-12-8-4-2-6-10-14-18-22-26-30-34-38/h39-40H,1-38H2. The van der Waals surface area contributed by atoms with Crippen LogP contribution >= 0.6 is 0 Å². The number of hydrogen-bond donors (Lipinski definition) is 4. The van der Waals surface area contributed by atoms with Gasteiger partial charge >= 0.3 is 8.56 Å². The number of unbranched alkanes of at least 4 members (excludes halogenated alkanes) is 30. The molecule has 5 heteroatoms. The second-order valence-electron chi connectivity index (χ2n) is 13.4. The van der Waals surface area contributed by atoms with Gasteiger partial charge < -0.3 is 21.1 Å². The molecule has 0 bridgehead atoms. The van der Waals surface area contributed by atoms with Gasteiger partial charge in [0.2, 0.25) is 0 Å². The zero-order chi connectivity index (χ0) is 30.0. The van der Waals surface area contributed by atoms with Crippen molar-refractivity contribution in [3.8, 4) is 0 Å². The average Bonchev–Trinajstić information content (AvgIpc) is 2.96. The highest BCUT2D eigenvalue weighted by molar-refractivity contribution is 6.64. The van der Waals surface area contributed by atoms with E-state index >= 15 is 0 Å². The largest absolute Gasteiger partial charge is 0.411 e. The molecule has 41 heavy (non-hydrogen) atoms. The maximum atomic E-state index is 10.5. The summed E-state index contributed by atoms with van der Waals surface area (Å²) in [5.74, 6) is 0. The summed E-state index contributed by atoms with van der Waals surface area (Å²) in [7, 11) is -2.93. The van der Waals surface area contributed by atoms with Gasteiger partial charge in [-0.1, -0.05) is 193 Å². The van der Waals surface area contributed by atoms with Crippen LogP contribution in [0.1, 0.15) is 205 Å². The van der Waals surface area contributed by atoms with E-state index in [9.17, 15) is 9.59 Å². The molecule has 0 aliphatic heterocycles. The fourth-order valence-corrected chi connectivity index (χ4v) is 8.06. The van der Waals surface area contributed by atoms with Gasteiger partial charge in [0, 0.05) is 0 Å². The summed E-state index contributed by atoms with van der Waals surface area (Å²) in [5, 5.41) is 0. The first-order valence-electron chi connectivity index (χ1n) is 19.0. The van der Waals surface area contributed by atoms with Crippen LogP contribution in [0.25, 0.3) is 0 Å². The van der Waals surface area contributed by atoms with Crippen molar-refractivity contribution >= 4 is 8.56 Å². The van der Waals surface area contributed by atoms with Crippen molar-refractivity contribution in [2.75, 3.05) is 13.1 Å². The summed E-state index contributed by atoms with van der Waals surface area (Å²) < 4.78 is 0. The molecule has 0 aromatic rings. The minimum atomic E-state index is -2.93. The van der Waals surface area contributed by atoms with E-state index < -0.39 is 8.56 Å². The van der Waals surface area contributed by atoms with E-state index in [-0.39, 0.29) is 0 Å². The highest BCUT2D eigenvalue weighted by Crippen LogP contribution is 2.20. The Morgan fingerprint density at radius 3 is 0.561 bits per heavy atom. The average molecular weight is 599 g/mol. The highest BCUT2D eigenvalue weighted by atomic mass is 28.4. The second kappa shape index (κ2) is 34.5. The Bertz CT molecular complexity index is 438. The fraction of sp³-hybridized carbons (Fsp3) is 1.00. The molecule has 0 aliphatic carbocycles. The second-order valence-corrected chi connectivity index (χ2v) is 16.3. The number of nitrogens with two attached hydrogens (primary N) is 2. The predicted molar refractivity (Wildman–Crippen MR) is 186 cm³/mol. The first kappa shape index (κ1) is 41.1. The van der Waals surface area contributed by atoms with Gasteiger partial charge in [0.1, 0.15) is 0 Å². The lowest BCUT2D eigenvalue weighted by Gasteiger charge is -2.17. The molecule has 0 radical (unpaired) electrons. The highest BCUT2D eigenvalue weighted by Gasteiger charge is 2.27. The smallest absolute Gasteiger partial charge is 0.332 e. The molecule has 0 fully saturated rings. The Kier molecular flexibility index (Phi) is 34.6. The molecule has 0 atom stereocenters. The van der Waals surface area contributed by atoms with Crippen molar-refractivity contribution in [3.05, 3.63) is 0 Å².